The third-order valence-corrected chi connectivity index (χ3v) is 3.93. The largest absolute Gasteiger partial charge is 0.384 e. The van der Waals surface area contributed by atoms with E-state index in [0.717, 1.165) is 45.3 Å². The van der Waals surface area contributed by atoms with Crippen molar-refractivity contribution in [2.75, 3.05) is 39.9 Å². The molecule has 0 aliphatic carbocycles. The molecule has 0 saturated carbocycles. The van der Waals surface area contributed by atoms with E-state index in [1.165, 1.54) is 6.42 Å². The molecule has 2 rings (SSSR count). The van der Waals surface area contributed by atoms with Crippen LogP contribution in [-0.4, -0.2) is 60.5 Å². The molecule has 0 radical (unpaired) electrons. The van der Waals surface area contributed by atoms with Gasteiger partial charge in [-0.1, -0.05) is 6.92 Å². The zero-order valence-electron chi connectivity index (χ0n) is 14.4. The van der Waals surface area contributed by atoms with Crippen molar-refractivity contribution in [1.82, 2.24) is 20.0 Å². The lowest BCUT2D eigenvalue weighted by Gasteiger charge is -2.22. The molecule has 0 amide bonds. The maximum absolute atomic E-state index is 5.27. The number of hydrogen-bond donors (Lipinski definition) is 1. The molecule has 23 heavy (non-hydrogen) atoms. The number of hydrogen-bond acceptors (Lipinski definition) is 3. The monoisotopic (exact) mass is 435 g/mol. The van der Waals surface area contributed by atoms with E-state index in [1.807, 2.05) is 23.1 Å². The van der Waals surface area contributed by atoms with E-state index in [-0.39, 0.29) is 24.0 Å². The summed E-state index contributed by atoms with van der Waals surface area (Å²) in [5, 5.41) is 7.67. The number of aromatic nitrogens is 2. The summed E-state index contributed by atoms with van der Waals surface area (Å²) in [6, 6.07) is 1.96. The number of nitrogens with one attached hydrogen (secondary N) is 1. The standard InChI is InChI=1S/C16H29N5O.HI/c1-4-17-16(20-9-6-15(12-20)13-22-3)18-10-14(2)11-21-8-5-7-19-21;/h5,7-8,14-15H,4,6,9-13H2,1-3H3,(H,17,18);1H. The van der Waals surface area contributed by atoms with Gasteiger partial charge in [0.2, 0.25) is 0 Å². The predicted molar refractivity (Wildman–Crippen MR) is 104 cm³/mol. The number of aliphatic imine (C=N–C) groups is 1. The highest BCUT2D eigenvalue weighted by Crippen LogP contribution is 2.16. The van der Waals surface area contributed by atoms with Crippen LogP contribution in [0.5, 0.6) is 0 Å². The fraction of sp³-hybridized carbons (Fsp3) is 0.750. The summed E-state index contributed by atoms with van der Waals surface area (Å²) in [6.07, 6.45) is 5.00. The highest BCUT2D eigenvalue weighted by molar-refractivity contribution is 14.0. The Balaban J connectivity index is 0.00000264. The summed E-state index contributed by atoms with van der Waals surface area (Å²) in [7, 11) is 1.78. The van der Waals surface area contributed by atoms with Crippen LogP contribution >= 0.6 is 24.0 Å². The van der Waals surface area contributed by atoms with E-state index in [0.29, 0.717) is 11.8 Å². The van der Waals surface area contributed by atoms with E-state index in [9.17, 15) is 0 Å². The Morgan fingerprint density at radius 3 is 3.00 bits per heavy atom. The Bertz CT molecular complexity index is 451. The van der Waals surface area contributed by atoms with Crippen LogP contribution in [0, 0.1) is 11.8 Å². The van der Waals surface area contributed by atoms with Crippen molar-refractivity contribution in [3.05, 3.63) is 18.5 Å². The number of likely N-dealkylation sites (tertiary alicyclic amines) is 1. The van der Waals surface area contributed by atoms with Gasteiger partial charge in [-0.15, -0.1) is 24.0 Å². The molecule has 0 spiro atoms. The van der Waals surface area contributed by atoms with Crippen LogP contribution in [0.3, 0.4) is 0 Å². The van der Waals surface area contributed by atoms with Gasteiger partial charge >= 0.3 is 0 Å². The van der Waals surface area contributed by atoms with Crippen LogP contribution in [0.25, 0.3) is 0 Å². The Morgan fingerprint density at radius 1 is 1.52 bits per heavy atom. The number of ether oxygens (including phenoxy) is 1. The first-order valence-corrected chi connectivity index (χ1v) is 8.22. The fourth-order valence-electron chi connectivity index (χ4n) is 2.85. The molecule has 132 valence electrons. The molecule has 1 fully saturated rings. The Kier molecular flexibility index (Phi) is 9.54. The summed E-state index contributed by atoms with van der Waals surface area (Å²) in [4.78, 5) is 7.18. The molecule has 2 heterocycles. The second-order valence-electron chi connectivity index (χ2n) is 6.08. The molecule has 0 bridgehead atoms. The van der Waals surface area contributed by atoms with E-state index < -0.39 is 0 Å². The lowest BCUT2D eigenvalue weighted by molar-refractivity contribution is 0.157. The van der Waals surface area contributed by atoms with Gasteiger partial charge in [0.25, 0.3) is 0 Å². The number of guanidine groups is 1. The minimum Gasteiger partial charge on any atom is -0.384 e. The average molecular weight is 435 g/mol. The molecule has 1 saturated heterocycles. The molecular weight excluding hydrogens is 405 g/mol. The molecule has 1 N–H and O–H groups in total. The van der Waals surface area contributed by atoms with Gasteiger partial charge in [-0.2, -0.15) is 5.10 Å². The van der Waals surface area contributed by atoms with Crippen molar-refractivity contribution < 1.29 is 4.74 Å². The zero-order valence-corrected chi connectivity index (χ0v) is 16.8. The minimum absolute atomic E-state index is 0. The molecule has 1 aliphatic rings. The van der Waals surface area contributed by atoms with Gasteiger partial charge in [0.05, 0.1) is 6.61 Å². The molecular formula is C16H30IN5O. The van der Waals surface area contributed by atoms with Crippen LogP contribution < -0.4 is 5.32 Å². The van der Waals surface area contributed by atoms with Gasteiger partial charge in [-0.3, -0.25) is 9.67 Å². The van der Waals surface area contributed by atoms with Crippen molar-refractivity contribution in [1.29, 1.82) is 0 Å². The smallest absolute Gasteiger partial charge is 0.193 e. The lowest BCUT2D eigenvalue weighted by atomic mass is 10.1. The van der Waals surface area contributed by atoms with E-state index in [4.69, 9.17) is 9.73 Å². The van der Waals surface area contributed by atoms with Gasteiger partial charge in [0, 0.05) is 58.1 Å². The third kappa shape index (κ3) is 6.66. The second kappa shape index (κ2) is 10.9. The van der Waals surface area contributed by atoms with Crippen molar-refractivity contribution in [2.24, 2.45) is 16.8 Å². The molecule has 2 atom stereocenters. The maximum Gasteiger partial charge on any atom is 0.193 e. The topological polar surface area (TPSA) is 54.7 Å². The van der Waals surface area contributed by atoms with Gasteiger partial charge in [0.15, 0.2) is 5.96 Å². The van der Waals surface area contributed by atoms with Gasteiger partial charge in [-0.25, -0.2) is 0 Å². The van der Waals surface area contributed by atoms with Crippen molar-refractivity contribution in [3.8, 4) is 0 Å². The maximum atomic E-state index is 5.27. The van der Waals surface area contributed by atoms with Crippen molar-refractivity contribution in [2.45, 2.75) is 26.8 Å². The SMILES string of the molecule is CCNC(=NCC(C)Cn1cccn1)N1CCC(COC)C1.I. The van der Waals surface area contributed by atoms with E-state index >= 15 is 0 Å². The van der Waals surface area contributed by atoms with Crippen LogP contribution in [0.15, 0.2) is 23.5 Å². The number of halogens is 1. The lowest BCUT2D eigenvalue weighted by Crippen LogP contribution is -2.40. The highest BCUT2D eigenvalue weighted by atomic mass is 127. The summed E-state index contributed by atoms with van der Waals surface area (Å²) < 4.78 is 7.24. The molecule has 1 aromatic heterocycles. The average Bonchev–Trinajstić information content (AvgIpc) is 3.16. The summed E-state index contributed by atoms with van der Waals surface area (Å²) in [5.74, 6) is 2.12. The minimum atomic E-state index is 0. The van der Waals surface area contributed by atoms with Crippen molar-refractivity contribution >= 4 is 29.9 Å². The van der Waals surface area contributed by atoms with Crippen LogP contribution in [0.1, 0.15) is 20.3 Å². The second-order valence-corrected chi connectivity index (χ2v) is 6.08. The fourth-order valence-corrected chi connectivity index (χ4v) is 2.85. The van der Waals surface area contributed by atoms with Crippen LogP contribution in [-0.2, 0) is 11.3 Å². The van der Waals surface area contributed by atoms with Gasteiger partial charge < -0.3 is 15.0 Å². The summed E-state index contributed by atoms with van der Waals surface area (Å²) >= 11 is 0. The van der Waals surface area contributed by atoms with Crippen LogP contribution in [0.4, 0.5) is 0 Å². The highest BCUT2D eigenvalue weighted by Gasteiger charge is 2.24. The molecule has 0 aromatic carbocycles. The molecule has 1 aromatic rings. The van der Waals surface area contributed by atoms with E-state index in [1.54, 1.807) is 7.11 Å². The number of nitrogens with zero attached hydrogens (tertiary/aromatic N) is 4. The molecule has 2 unspecified atom stereocenters. The Morgan fingerprint density at radius 2 is 2.35 bits per heavy atom. The number of methoxy groups -OCH3 is 1. The first-order valence-electron chi connectivity index (χ1n) is 8.22. The predicted octanol–water partition coefficient (Wildman–Crippen LogP) is 2.07. The Labute approximate surface area is 156 Å². The summed E-state index contributed by atoms with van der Waals surface area (Å²) in [6.45, 7) is 9.89. The normalized spacial score (nSPS) is 19.5. The molecule has 7 heteroatoms. The van der Waals surface area contributed by atoms with E-state index in [2.05, 4.69) is 29.2 Å². The van der Waals surface area contributed by atoms with Gasteiger partial charge in [0.1, 0.15) is 0 Å². The molecule has 6 nitrogen and oxygen atoms in total. The first-order chi connectivity index (χ1) is 10.7. The Hall–Kier alpha value is -0.830. The first kappa shape index (κ1) is 20.2. The van der Waals surface area contributed by atoms with Gasteiger partial charge in [-0.05, 0) is 25.3 Å². The zero-order chi connectivity index (χ0) is 15.8. The van der Waals surface area contributed by atoms with Crippen LogP contribution in [0.2, 0.25) is 0 Å². The molecule has 1 aliphatic heterocycles. The quantitative estimate of drug-likeness (QED) is 0.405. The van der Waals surface area contributed by atoms with Crippen molar-refractivity contribution in [3.63, 3.8) is 0 Å². The third-order valence-electron chi connectivity index (χ3n) is 3.93. The summed E-state index contributed by atoms with van der Waals surface area (Å²) in [5.41, 5.74) is 0. The number of rotatable bonds is 7.